The number of nitrogens with two attached hydrogens (primary N) is 1. The Labute approximate surface area is 38.1 Å². The lowest BCUT2D eigenvalue weighted by Crippen LogP contribution is -2.02. The van der Waals surface area contributed by atoms with Crippen molar-refractivity contribution in [3.8, 4) is 0 Å². The quantitative estimate of drug-likeness (QED) is 0.427. The normalized spacial score (nSPS) is 5.00. The number of aliphatic hydroxyl groups excluding tert-OH is 1. The van der Waals surface area contributed by atoms with Crippen molar-refractivity contribution in [2.75, 3.05) is 13.2 Å². The maximum Gasteiger partial charge on any atom is 0.0553 e. The van der Waals surface area contributed by atoms with Gasteiger partial charge in [0.15, 0.2) is 0 Å². The monoisotopic (exact) mass is 95.1 g/mol. The van der Waals surface area contributed by atoms with Crippen LogP contribution >= 0.6 is 0 Å². The molecule has 42 valence electrons. The number of hydrogen-bond donors (Lipinski definition) is 2. The lowest BCUT2D eigenvalue weighted by molar-refractivity contribution is 0.306. The van der Waals surface area contributed by atoms with Crippen molar-refractivity contribution in [2.45, 2.75) is 7.43 Å². The van der Waals surface area contributed by atoms with Gasteiger partial charge in [0.2, 0.25) is 0 Å². The molecule has 3 heteroatoms. The summed E-state index contributed by atoms with van der Waals surface area (Å²) in [5.41, 5.74) is 4.78. The van der Waals surface area contributed by atoms with Gasteiger partial charge < -0.3 is 16.3 Å². The highest BCUT2D eigenvalue weighted by Gasteiger charge is 1.56. The molecule has 0 aromatic heterocycles. The van der Waals surface area contributed by atoms with Crippen LogP contribution in [0, 0.1) is 0 Å². The molecule has 0 spiro atoms. The molecule has 0 aliphatic carbocycles. The predicted octanol–water partition coefficient (Wildman–Crippen LogP) is -1.25. The second-order valence-electron chi connectivity index (χ2n) is 0.512. The Bertz CT molecular complexity index is 10.8. The third-order valence-corrected chi connectivity index (χ3v) is 0.129. The fraction of sp³-hybridized carbons (Fsp3) is 1.00. The third-order valence-electron chi connectivity index (χ3n) is 0.129. The topological polar surface area (TPSA) is 77.8 Å². The fourth-order valence-corrected chi connectivity index (χ4v) is 0. The number of rotatable bonds is 1. The molecule has 0 unspecified atom stereocenters. The molecular formula is C3H13NO2. The van der Waals surface area contributed by atoms with Gasteiger partial charge in [0.1, 0.15) is 0 Å². The molecule has 0 rings (SSSR count). The second kappa shape index (κ2) is 20.8. The maximum atomic E-state index is 7.75. The Morgan fingerprint density at radius 3 is 1.67 bits per heavy atom. The van der Waals surface area contributed by atoms with Gasteiger partial charge in [-0.2, -0.15) is 0 Å². The van der Waals surface area contributed by atoms with E-state index in [1.807, 2.05) is 0 Å². The summed E-state index contributed by atoms with van der Waals surface area (Å²) >= 11 is 0. The summed E-state index contributed by atoms with van der Waals surface area (Å²) in [5, 5.41) is 7.75. The zero-order valence-electron chi connectivity index (χ0n) is 2.94. The van der Waals surface area contributed by atoms with Gasteiger partial charge >= 0.3 is 0 Å². The molecule has 5 N–H and O–H groups in total. The predicted molar refractivity (Wildman–Crippen MR) is 26.5 cm³/mol. The van der Waals surface area contributed by atoms with E-state index in [-0.39, 0.29) is 19.5 Å². The first-order chi connectivity index (χ1) is 1.91. The van der Waals surface area contributed by atoms with E-state index < -0.39 is 0 Å². The van der Waals surface area contributed by atoms with Crippen molar-refractivity contribution in [3.63, 3.8) is 0 Å². The third kappa shape index (κ3) is 41.6. The van der Waals surface area contributed by atoms with Gasteiger partial charge in [0.25, 0.3) is 0 Å². The second-order valence-corrected chi connectivity index (χ2v) is 0.512. The number of aliphatic hydroxyl groups is 1. The van der Waals surface area contributed by atoms with Gasteiger partial charge in [-0.15, -0.1) is 0 Å². The fourth-order valence-electron chi connectivity index (χ4n) is 0. The van der Waals surface area contributed by atoms with E-state index in [9.17, 15) is 0 Å². The van der Waals surface area contributed by atoms with Crippen LogP contribution in [0.3, 0.4) is 0 Å². The average molecular weight is 95.1 g/mol. The zero-order valence-corrected chi connectivity index (χ0v) is 2.94. The largest absolute Gasteiger partial charge is 0.412 e. The first kappa shape index (κ1) is 16.9. The van der Waals surface area contributed by atoms with Crippen molar-refractivity contribution in [1.29, 1.82) is 0 Å². The summed E-state index contributed by atoms with van der Waals surface area (Å²) in [7, 11) is 0. The van der Waals surface area contributed by atoms with E-state index in [1.165, 1.54) is 0 Å². The molecule has 0 saturated carbocycles. The molecule has 0 aliphatic rings. The summed E-state index contributed by atoms with van der Waals surface area (Å²) in [6.45, 7) is 0.472. The highest BCUT2D eigenvalue weighted by atomic mass is 16.3. The van der Waals surface area contributed by atoms with E-state index >= 15 is 0 Å². The Kier molecular flexibility index (Phi) is 58.5. The average Bonchev–Trinajstić information content (AvgIpc) is 1.37. The highest BCUT2D eigenvalue weighted by molar-refractivity contribution is 4.17. The molecule has 6 heavy (non-hydrogen) atoms. The lowest BCUT2D eigenvalue weighted by atomic mass is 10.8. The smallest absolute Gasteiger partial charge is 0.0553 e. The summed E-state index contributed by atoms with van der Waals surface area (Å²) in [4.78, 5) is 0. The van der Waals surface area contributed by atoms with Crippen molar-refractivity contribution in [2.24, 2.45) is 5.73 Å². The molecule has 3 nitrogen and oxygen atoms in total. The molecular weight excluding hydrogens is 82.0 g/mol. The van der Waals surface area contributed by atoms with E-state index in [1.54, 1.807) is 0 Å². The van der Waals surface area contributed by atoms with E-state index in [4.69, 9.17) is 10.8 Å². The molecule has 0 radical (unpaired) electrons. The first-order valence-corrected chi connectivity index (χ1v) is 1.22. The molecule has 0 aromatic rings. The lowest BCUT2D eigenvalue weighted by Gasteiger charge is -1.71. The van der Waals surface area contributed by atoms with Crippen LogP contribution in [0.5, 0.6) is 0 Å². The van der Waals surface area contributed by atoms with Crippen molar-refractivity contribution < 1.29 is 10.6 Å². The molecule has 0 saturated heterocycles. The highest BCUT2D eigenvalue weighted by Crippen LogP contribution is 1.33. The summed E-state index contributed by atoms with van der Waals surface area (Å²) in [6, 6.07) is 0. The minimum absolute atomic E-state index is 0. The van der Waals surface area contributed by atoms with Crippen LogP contribution in [-0.4, -0.2) is 23.7 Å². The molecule has 0 amide bonds. The van der Waals surface area contributed by atoms with Gasteiger partial charge in [0.05, 0.1) is 6.61 Å². The Hall–Kier alpha value is -0.120. The van der Waals surface area contributed by atoms with Crippen molar-refractivity contribution in [3.05, 3.63) is 0 Å². The molecule has 0 bridgehead atoms. The van der Waals surface area contributed by atoms with Gasteiger partial charge in [-0.25, -0.2) is 0 Å². The van der Waals surface area contributed by atoms with Crippen LogP contribution in [0.1, 0.15) is 7.43 Å². The minimum atomic E-state index is 0. The van der Waals surface area contributed by atoms with E-state index in [0.717, 1.165) is 0 Å². The molecule has 0 aromatic carbocycles. The number of hydrogen-bond acceptors (Lipinski definition) is 2. The summed E-state index contributed by atoms with van der Waals surface area (Å²) in [5.74, 6) is 0. The Morgan fingerprint density at radius 2 is 1.67 bits per heavy atom. The zero-order chi connectivity index (χ0) is 3.41. The van der Waals surface area contributed by atoms with Gasteiger partial charge in [-0.3, -0.25) is 0 Å². The van der Waals surface area contributed by atoms with Gasteiger partial charge in [-0.05, 0) is 0 Å². The van der Waals surface area contributed by atoms with Gasteiger partial charge in [-0.1, -0.05) is 7.43 Å². The van der Waals surface area contributed by atoms with Crippen LogP contribution < -0.4 is 5.73 Å². The van der Waals surface area contributed by atoms with Crippen LogP contribution in [0.2, 0.25) is 0 Å². The summed E-state index contributed by atoms with van der Waals surface area (Å²) in [6.07, 6.45) is 0. The van der Waals surface area contributed by atoms with E-state index in [2.05, 4.69) is 0 Å². The van der Waals surface area contributed by atoms with Gasteiger partial charge in [0, 0.05) is 6.54 Å². The molecule has 0 aliphatic heterocycles. The van der Waals surface area contributed by atoms with Crippen molar-refractivity contribution >= 4 is 0 Å². The van der Waals surface area contributed by atoms with Crippen LogP contribution in [-0.2, 0) is 0 Å². The minimum Gasteiger partial charge on any atom is -0.412 e. The van der Waals surface area contributed by atoms with Crippen LogP contribution in [0.25, 0.3) is 0 Å². The summed E-state index contributed by atoms with van der Waals surface area (Å²) < 4.78 is 0. The molecule has 0 heterocycles. The van der Waals surface area contributed by atoms with Crippen LogP contribution in [0.4, 0.5) is 0 Å². The SMILES string of the molecule is C.NCCO.O. The standard InChI is InChI=1S/C2H7NO.CH4.H2O/c3-1-2-4;;/h4H,1-3H2;1H4;1H2. The molecule has 0 atom stereocenters. The molecule has 0 fully saturated rings. The van der Waals surface area contributed by atoms with E-state index in [0.29, 0.717) is 6.54 Å². The maximum absolute atomic E-state index is 7.75. The van der Waals surface area contributed by atoms with Crippen molar-refractivity contribution in [1.82, 2.24) is 0 Å². The Balaban J connectivity index is -0.0000000450. The Morgan fingerprint density at radius 1 is 1.50 bits per heavy atom. The first-order valence-electron chi connectivity index (χ1n) is 1.22. The van der Waals surface area contributed by atoms with Crippen LogP contribution in [0.15, 0.2) is 0 Å².